The van der Waals surface area contributed by atoms with Crippen molar-refractivity contribution in [3.63, 3.8) is 0 Å². The molecule has 0 aromatic carbocycles. The van der Waals surface area contributed by atoms with Gasteiger partial charge in [0.05, 0.1) is 19.3 Å². The molecule has 0 saturated carbocycles. The highest BCUT2D eigenvalue weighted by Gasteiger charge is 2.06. The lowest BCUT2D eigenvalue weighted by molar-refractivity contribution is 0.142. The van der Waals surface area contributed by atoms with Crippen molar-refractivity contribution in [2.45, 2.75) is 19.6 Å². The first kappa shape index (κ1) is 13.8. The first-order valence-corrected chi connectivity index (χ1v) is 5.54. The zero-order valence-electron chi connectivity index (χ0n) is 10.2. The third-order valence-corrected chi connectivity index (χ3v) is 2.25. The summed E-state index contributed by atoms with van der Waals surface area (Å²) >= 11 is 0. The van der Waals surface area contributed by atoms with Gasteiger partial charge < -0.3 is 15.2 Å². The fraction of sp³-hybridized carbons (Fsp3) is 0.636. The van der Waals surface area contributed by atoms with E-state index in [1.807, 2.05) is 6.92 Å². The van der Waals surface area contributed by atoms with E-state index < -0.39 is 6.10 Å². The zero-order chi connectivity index (χ0) is 12.7. The van der Waals surface area contributed by atoms with Gasteiger partial charge in [-0.25, -0.2) is 9.78 Å². The molecular formula is C11H19N3O3. The van der Waals surface area contributed by atoms with Crippen LogP contribution in [0.3, 0.4) is 0 Å². The Bertz CT molecular complexity index is 392. The van der Waals surface area contributed by atoms with Crippen LogP contribution in [0, 0.1) is 6.92 Å². The van der Waals surface area contributed by atoms with E-state index in [1.54, 1.807) is 13.3 Å². The van der Waals surface area contributed by atoms with Gasteiger partial charge in [-0.05, 0) is 12.5 Å². The molecule has 1 unspecified atom stereocenters. The Morgan fingerprint density at radius 3 is 3.12 bits per heavy atom. The van der Waals surface area contributed by atoms with Gasteiger partial charge in [0.2, 0.25) is 0 Å². The van der Waals surface area contributed by atoms with Crippen molar-refractivity contribution in [3.05, 3.63) is 28.4 Å². The number of nitrogens with one attached hydrogen (secondary N) is 1. The first-order chi connectivity index (χ1) is 8.13. The molecule has 6 nitrogen and oxygen atoms in total. The van der Waals surface area contributed by atoms with E-state index in [2.05, 4.69) is 10.3 Å². The SMILES string of the molecule is COCCNCC(O)Cn1cc(C)cnc1=O. The molecule has 0 amide bonds. The molecule has 17 heavy (non-hydrogen) atoms. The summed E-state index contributed by atoms with van der Waals surface area (Å²) in [6.45, 7) is 3.79. The number of hydrogen-bond acceptors (Lipinski definition) is 5. The molecule has 0 fully saturated rings. The third kappa shape index (κ3) is 5.08. The van der Waals surface area contributed by atoms with Gasteiger partial charge in [0, 0.05) is 32.6 Å². The van der Waals surface area contributed by atoms with Crippen LogP contribution in [-0.2, 0) is 11.3 Å². The highest BCUT2D eigenvalue weighted by Crippen LogP contribution is 1.92. The molecule has 0 aliphatic carbocycles. The van der Waals surface area contributed by atoms with Gasteiger partial charge in [-0.2, -0.15) is 0 Å². The average Bonchev–Trinajstić information content (AvgIpc) is 2.29. The molecule has 0 aliphatic heterocycles. The van der Waals surface area contributed by atoms with E-state index in [1.165, 1.54) is 10.8 Å². The standard InChI is InChI=1S/C11H19N3O3/c1-9-5-13-11(16)14(7-9)8-10(15)6-12-3-4-17-2/h5,7,10,12,15H,3-4,6,8H2,1-2H3. The predicted molar refractivity (Wildman–Crippen MR) is 64.0 cm³/mol. The molecule has 96 valence electrons. The van der Waals surface area contributed by atoms with Gasteiger partial charge in [0.1, 0.15) is 0 Å². The molecule has 0 saturated heterocycles. The lowest BCUT2D eigenvalue weighted by Gasteiger charge is -2.13. The van der Waals surface area contributed by atoms with Crippen LogP contribution in [0.1, 0.15) is 5.56 Å². The molecule has 0 spiro atoms. The molecule has 1 atom stereocenters. The molecule has 0 bridgehead atoms. The Kier molecular flexibility index (Phi) is 5.82. The Morgan fingerprint density at radius 2 is 2.41 bits per heavy atom. The minimum Gasteiger partial charge on any atom is -0.390 e. The monoisotopic (exact) mass is 241 g/mol. The minimum atomic E-state index is -0.617. The highest BCUT2D eigenvalue weighted by molar-refractivity contribution is 4.99. The molecule has 1 heterocycles. The highest BCUT2D eigenvalue weighted by atomic mass is 16.5. The van der Waals surface area contributed by atoms with Crippen LogP contribution in [0.2, 0.25) is 0 Å². The van der Waals surface area contributed by atoms with Crippen molar-refractivity contribution in [2.75, 3.05) is 26.8 Å². The maximum atomic E-state index is 11.4. The fourth-order valence-corrected chi connectivity index (χ4v) is 1.43. The van der Waals surface area contributed by atoms with Crippen LogP contribution in [0.5, 0.6) is 0 Å². The molecule has 2 N–H and O–H groups in total. The van der Waals surface area contributed by atoms with Crippen LogP contribution < -0.4 is 11.0 Å². The summed E-state index contributed by atoms with van der Waals surface area (Å²) in [6, 6.07) is 0. The molecule has 1 rings (SSSR count). The Hall–Kier alpha value is -1.24. The third-order valence-electron chi connectivity index (χ3n) is 2.25. The predicted octanol–water partition coefficient (Wildman–Crippen LogP) is -0.851. The summed E-state index contributed by atoms with van der Waals surface area (Å²) in [7, 11) is 1.62. The van der Waals surface area contributed by atoms with Crippen LogP contribution in [0.25, 0.3) is 0 Å². The van der Waals surface area contributed by atoms with Crippen molar-refractivity contribution in [3.8, 4) is 0 Å². The normalized spacial score (nSPS) is 12.6. The van der Waals surface area contributed by atoms with Gasteiger partial charge in [0.25, 0.3) is 0 Å². The maximum absolute atomic E-state index is 11.4. The smallest absolute Gasteiger partial charge is 0.347 e. The number of hydrogen-bond donors (Lipinski definition) is 2. The topological polar surface area (TPSA) is 76.4 Å². The van der Waals surface area contributed by atoms with Crippen molar-refractivity contribution < 1.29 is 9.84 Å². The number of aromatic nitrogens is 2. The van der Waals surface area contributed by atoms with E-state index in [9.17, 15) is 9.90 Å². The second-order valence-electron chi connectivity index (χ2n) is 3.92. The number of ether oxygens (including phenoxy) is 1. The van der Waals surface area contributed by atoms with Crippen molar-refractivity contribution in [2.24, 2.45) is 0 Å². The second-order valence-corrected chi connectivity index (χ2v) is 3.92. The number of nitrogens with zero attached hydrogens (tertiary/aromatic N) is 2. The quantitative estimate of drug-likeness (QED) is 0.608. The van der Waals surface area contributed by atoms with Gasteiger partial charge in [-0.1, -0.05) is 0 Å². The summed E-state index contributed by atoms with van der Waals surface area (Å²) in [5.74, 6) is 0. The van der Waals surface area contributed by atoms with Crippen molar-refractivity contribution in [1.82, 2.24) is 14.9 Å². The molecular weight excluding hydrogens is 222 g/mol. The molecule has 0 radical (unpaired) electrons. The number of methoxy groups -OCH3 is 1. The summed E-state index contributed by atoms with van der Waals surface area (Å²) in [4.78, 5) is 15.1. The van der Waals surface area contributed by atoms with Gasteiger partial charge in [-0.15, -0.1) is 0 Å². The first-order valence-electron chi connectivity index (χ1n) is 5.54. The number of aryl methyl sites for hydroxylation is 1. The maximum Gasteiger partial charge on any atom is 0.347 e. The average molecular weight is 241 g/mol. The summed E-state index contributed by atoms with van der Waals surface area (Å²) in [6.07, 6.45) is 2.59. The van der Waals surface area contributed by atoms with E-state index in [-0.39, 0.29) is 12.2 Å². The van der Waals surface area contributed by atoms with E-state index in [0.29, 0.717) is 19.7 Å². The Morgan fingerprint density at radius 1 is 1.65 bits per heavy atom. The van der Waals surface area contributed by atoms with E-state index >= 15 is 0 Å². The Balaban J connectivity index is 2.42. The lowest BCUT2D eigenvalue weighted by atomic mass is 10.3. The van der Waals surface area contributed by atoms with Crippen LogP contribution in [-0.4, -0.2) is 47.6 Å². The number of rotatable bonds is 7. The summed E-state index contributed by atoms with van der Waals surface area (Å²) in [5.41, 5.74) is 0.552. The van der Waals surface area contributed by atoms with Gasteiger partial charge in [-0.3, -0.25) is 4.57 Å². The lowest BCUT2D eigenvalue weighted by Crippen LogP contribution is -2.35. The molecule has 6 heteroatoms. The minimum absolute atomic E-state index is 0.244. The fourth-order valence-electron chi connectivity index (χ4n) is 1.43. The largest absolute Gasteiger partial charge is 0.390 e. The van der Waals surface area contributed by atoms with Crippen molar-refractivity contribution >= 4 is 0 Å². The van der Waals surface area contributed by atoms with E-state index in [0.717, 1.165) is 5.56 Å². The summed E-state index contributed by atoms with van der Waals surface area (Å²) in [5, 5.41) is 12.8. The van der Waals surface area contributed by atoms with Crippen LogP contribution in [0.15, 0.2) is 17.2 Å². The number of aliphatic hydroxyl groups excluding tert-OH is 1. The zero-order valence-corrected chi connectivity index (χ0v) is 10.2. The van der Waals surface area contributed by atoms with Crippen LogP contribution >= 0.6 is 0 Å². The number of aliphatic hydroxyl groups is 1. The molecule has 1 aromatic rings. The van der Waals surface area contributed by atoms with Gasteiger partial charge >= 0.3 is 5.69 Å². The molecule has 0 aliphatic rings. The van der Waals surface area contributed by atoms with Crippen molar-refractivity contribution in [1.29, 1.82) is 0 Å². The summed E-state index contributed by atoms with van der Waals surface area (Å²) < 4.78 is 6.28. The molecule has 1 aromatic heterocycles. The second kappa shape index (κ2) is 7.16. The van der Waals surface area contributed by atoms with Crippen LogP contribution in [0.4, 0.5) is 0 Å². The van der Waals surface area contributed by atoms with E-state index in [4.69, 9.17) is 4.74 Å². The Labute approximate surface area is 100 Å². The van der Waals surface area contributed by atoms with Gasteiger partial charge in [0.15, 0.2) is 0 Å².